The Hall–Kier alpha value is -2.69. The first-order valence-corrected chi connectivity index (χ1v) is 8.40. The van der Waals surface area contributed by atoms with Gasteiger partial charge in [0.05, 0.1) is 20.3 Å². The Morgan fingerprint density at radius 3 is 2.40 bits per heavy atom. The van der Waals surface area contributed by atoms with Crippen molar-refractivity contribution in [3.05, 3.63) is 54.1 Å². The molecular formula is C20H25NO4. The molecule has 0 radical (unpaired) electrons. The summed E-state index contributed by atoms with van der Waals surface area (Å²) in [6, 6.07) is 15.2. The third-order valence-electron chi connectivity index (χ3n) is 3.56. The van der Waals surface area contributed by atoms with E-state index in [4.69, 9.17) is 14.2 Å². The van der Waals surface area contributed by atoms with Crippen LogP contribution in [0.5, 0.6) is 17.2 Å². The second-order valence-corrected chi connectivity index (χ2v) is 5.64. The molecule has 25 heavy (non-hydrogen) atoms. The molecule has 134 valence electrons. The third-order valence-corrected chi connectivity index (χ3v) is 3.56. The van der Waals surface area contributed by atoms with Gasteiger partial charge in [0, 0.05) is 6.42 Å². The molecule has 0 aliphatic carbocycles. The standard InChI is InChI=1S/C20H25NO4/c1-16-5-3-6-19(15-16)25-14-12-21-20(22)7-4-13-24-18-10-8-17(23-2)9-11-18/h3,5-6,8-11,15H,4,7,12-14H2,1-2H3,(H,21,22). The van der Waals surface area contributed by atoms with Gasteiger partial charge >= 0.3 is 0 Å². The Kier molecular flexibility index (Phi) is 7.63. The van der Waals surface area contributed by atoms with Gasteiger partial charge in [-0.2, -0.15) is 0 Å². The van der Waals surface area contributed by atoms with Gasteiger partial charge in [-0.25, -0.2) is 0 Å². The fraction of sp³-hybridized carbons (Fsp3) is 0.350. The van der Waals surface area contributed by atoms with Crippen molar-refractivity contribution in [3.8, 4) is 17.2 Å². The molecule has 0 heterocycles. The lowest BCUT2D eigenvalue weighted by atomic mass is 10.2. The van der Waals surface area contributed by atoms with Gasteiger partial charge in [-0.05, 0) is 55.3 Å². The van der Waals surface area contributed by atoms with Crippen LogP contribution in [0, 0.1) is 6.92 Å². The zero-order valence-electron chi connectivity index (χ0n) is 14.8. The lowest BCUT2D eigenvalue weighted by Crippen LogP contribution is -2.28. The third kappa shape index (κ3) is 7.16. The van der Waals surface area contributed by atoms with Crippen molar-refractivity contribution in [2.75, 3.05) is 26.9 Å². The summed E-state index contributed by atoms with van der Waals surface area (Å²) < 4.78 is 16.3. The number of carbonyl (C=O) groups excluding carboxylic acids is 1. The number of carbonyl (C=O) groups is 1. The van der Waals surface area contributed by atoms with Crippen molar-refractivity contribution in [2.24, 2.45) is 0 Å². The molecule has 0 fully saturated rings. The van der Waals surface area contributed by atoms with Gasteiger partial charge in [0.1, 0.15) is 23.9 Å². The Bertz CT molecular complexity index is 655. The maximum absolute atomic E-state index is 11.8. The van der Waals surface area contributed by atoms with Crippen molar-refractivity contribution in [2.45, 2.75) is 19.8 Å². The van der Waals surface area contributed by atoms with E-state index in [1.165, 1.54) is 0 Å². The fourth-order valence-corrected chi connectivity index (χ4v) is 2.25. The summed E-state index contributed by atoms with van der Waals surface area (Å²) in [5.41, 5.74) is 1.15. The van der Waals surface area contributed by atoms with Crippen LogP contribution in [0.3, 0.4) is 0 Å². The van der Waals surface area contributed by atoms with Gasteiger partial charge in [0.15, 0.2) is 0 Å². The van der Waals surface area contributed by atoms with Crippen molar-refractivity contribution >= 4 is 5.91 Å². The normalized spacial score (nSPS) is 10.2. The monoisotopic (exact) mass is 343 g/mol. The molecule has 0 aliphatic heterocycles. The maximum Gasteiger partial charge on any atom is 0.220 e. The van der Waals surface area contributed by atoms with Gasteiger partial charge in [0.2, 0.25) is 5.91 Å². The number of methoxy groups -OCH3 is 1. The highest BCUT2D eigenvalue weighted by Crippen LogP contribution is 2.17. The van der Waals surface area contributed by atoms with Gasteiger partial charge in [-0.1, -0.05) is 12.1 Å². The number of aryl methyl sites for hydroxylation is 1. The number of amides is 1. The predicted molar refractivity (Wildman–Crippen MR) is 97.4 cm³/mol. The van der Waals surface area contributed by atoms with E-state index in [1.807, 2.05) is 55.5 Å². The molecule has 0 spiro atoms. The van der Waals surface area contributed by atoms with Crippen LogP contribution in [-0.2, 0) is 4.79 Å². The minimum atomic E-state index is 0.00572. The molecule has 0 aromatic heterocycles. The molecule has 0 aliphatic rings. The minimum absolute atomic E-state index is 0.00572. The predicted octanol–water partition coefficient (Wildman–Crippen LogP) is 3.36. The maximum atomic E-state index is 11.8. The molecule has 2 rings (SSSR count). The van der Waals surface area contributed by atoms with Crippen LogP contribution in [0.4, 0.5) is 0 Å². The number of hydrogen-bond acceptors (Lipinski definition) is 4. The molecule has 1 amide bonds. The Labute approximate surface area is 148 Å². The summed E-state index contributed by atoms with van der Waals surface area (Å²) in [4.78, 5) is 11.8. The van der Waals surface area contributed by atoms with E-state index >= 15 is 0 Å². The van der Waals surface area contributed by atoms with E-state index in [9.17, 15) is 4.79 Å². The van der Waals surface area contributed by atoms with E-state index in [1.54, 1.807) is 7.11 Å². The van der Waals surface area contributed by atoms with Crippen LogP contribution in [0.25, 0.3) is 0 Å². The first-order valence-electron chi connectivity index (χ1n) is 8.40. The molecule has 2 aromatic carbocycles. The van der Waals surface area contributed by atoms with Crippen molar-refractivity contribution in [3.63, 3.8) is 0 Å². The second-order valence-electron chi connectivity index (χ2n) is 5.64. The first kappa shape index (κ1) is 18.6. The SMILES string of the molecule is COc1ccc(OCCCC(=O)NCCOc2cccc(C)c2)cc1. The Balaban J connectivity index is 1.53. The smallest absolute Gasteiger partial charge is 0.220 e. The molecule has 5 heteroatoms. The molecular weight excluding hydrogens is 318 g/mol. The van der Waals surface area contributed by atoms with E-state index in [0.29, 0.717) is 32.6 Å². The highest BCUT2D eigenvalue weighted by atomic mass is 16.5. The molecule has 0 saturated carbocycles. The number of benzene rings is 2. The highest BCUT2D eigenvalue weighted by Gasteiger charge is 2.02. The Morgan fingerprint density at radius 2 is 1.68 bits per heavy atom. The van der Waals surface area contributed by atoms with E-state index in [2.05, 4.69) is 5.32 Å². The van der Waals surface area contributed by atoms with Crippen LogP contribution in [-0.4, -0.2) is 32.8 Å². The summed E-state index contributed by atoms with van der Waals surface area (Å²) >= 11 is 0. The molecule has 0 bridgehead atoms. The van der Waals surface area contributed by atoms with Crippen LogP contribution < -0.4 is 19.5 Å². The van der Waals surface area contributed by atoms with Gasteiger partial charge < -0.3 is 19.5 Å². The zero-order chi connectivity index (χ0) is 17.9. The van der Waals surface area contributed by atoms with E-state index in [0.717, 1.165) is 22.8 Å². The molecule has 1 N–H and O–H groups in total. The van der Waals surface area contributed by atoms with Gasteiger partial charge in [0.25, 0.3) is 0 Å². The average Bonchev–Trinajstić information content (AvgIpc) is 2.63. The van der Waals surface area contributed by atoms with Crippen molar-refractivity contribution in [1.82, 2.24) is 5.32 Å². The zero-order valence-corrected chi connectivity index (χ0v) is 14.8. The van der Waals surface area contributed by atoms with Crippen LogP contribution >= 0.6 is 0 Å². The first-order chi connectivity index (χ1) is 12.2. The van der Waals surface area contributed by atoms with E-state index in [-0.39, 0.29) is 5.91 Å². The minimum Gasteiger partial charge on any atom is -0.497 e. The summed E-state index contributed by atoms with van der Waals surface area (Å²) in [5.74, 6) is 2.39. The molecule has 2 aromatic rings. The average molecular weight is 343 g/mol. The number of rotatable bonds is 10. The van der Waals surface area contributed by atoms with Gasteiger partial charge in [-0.15, -0.1) is 0 Å². The second kappa shape index (κ2) is 10.2. The highest BCUT2D eigenvalue weighted by molar-refractivity contribution is 5.75. The van der Waals surface area contributed by atoms with Crippen LogP contribution in [0.1, 0.15) is 18.4 Å². The topological polar surface area (TPSA) is 56.8 Å². The molecule has 5 nitrogen and oxygen atoms in total. The summed E-state index contributed by atoms with van der Waals surface area (Å²) in [6.45, 7) is 3.46. The molecule has 0 saturated heterocycles. The van der Waals surface area contributed by atoms with Crippen LogP contribution in [0.2, 0.25) is 0 Å². The van der Waals surface area contributed by atoms with E-state index < -0.39 is 0 Å². The summed E-state index contributed by atoms with van der Waals surface area (Å²) in [6.07, 6.45) is 1.09. The largest absolute Gasteiger partial charge is 0.497 e. The quantitative estimate of drug-likeness (QED) is 0.672. The van der Waals surface area contributed by atoms with Crippen LogP contribution in [0.15, 0.2) is 48.5 Å². The van der Waals surface area contributed by atoms with Crippen molar-refractivity contribution in [1.29, 1.82) is 0 Å². The summed E-state index contributed by atoms with van der Waals surface area (Å²) in [5, 5.41) is 2.85. The lowest BCUT2D eigenvalue weighted by molar-refractivity contribution is -0.121. The number of hydrogen-bond donors (Lipinski definition) is 1. The number of nitrogens with one attached hydrogen (secondary N) is 1. The number of ether oxygens (including phenoxy) is 3. The lowest BCUT2D eigenvalue weighted by Gasteiger charge is -2.09. The summed E-state index contributed by atoms with van der Waals surface area (Å²) in [7, 11) is 1.63. The molecule has 0 unspecified atom stereocenters. The Morgan fingerprint density at radius 1 is 0.960 bits per heavy atom. The van der Waals surface area contributed by atoms with Gasteiger partial charge in [-0.3, -0.25) is 4.79 Å². The molecule has 0 atom stereocenters. The fourth-order valence-electron chi connectivity index (χ4n) is 2.25. The van der Waals surface area contributed by atoms with Crippen molar-refractivity contribution < 1.29 is 19.0 Å².